The topological polar surface area (TPSA) is 43.8 Å². The van der Waals surface area contributed by atoms with Gasteiger partial charge in [0.1, 0.15) is 5.82 Å². The van der Waals surface area contributed by atoms with E-state index in [-0.39, 0.29) is 6.04 Å². The Labute approximate surface area is 97.5 Å². The highest BCUT2D eigenvalue weighted by Crippen LogP contribution is 2.33. The number of rotatable bonds is 2. The van der Waals surface area contributed by atoms with Crippen molar-refractivity contribution < 1.29 is 0 Å². The lowest BCUT2D eigenvalue weighted by Gasteiger charge is -2.10. The molecule has 0 aliphatic rings. The molecule has 2 aromatic heterocycles. The predicted octanol–water partition coefficient (Wildman–Crippen LogP) is 2.49. The van der Waals surface area contributed by atoms with Gasteiger partial charge in [0.2, 0.25) is 0 Å². The predicted molar refractivity (Wildman–Crippen MR) is 63.3 cm³/mol. The van der Waals surface area contributed by atoms with Crippen molar-refractivity contribution in [1.29, 1.82) is 0 Å². The van der Waals surface area contributed by atoms with Gasteiger partial charge in [-0.3, -0.25) is 0 Å². The van der Waals surface area contributed by atoms with Gasteiger partial charge in [0.25, 0.3) is 0 Å². The second-order valence-corrected chi connectivity index (χ2v) is 4.76. The average molecular weight is 242 g/mol. The number of nitrogens with two attached hydrogens (primary N) is 1. The van der Waals surface area contributed by atoms with Crippen molar-refractivity contribution in [3.63, 3.8) is 0 Å². The summed E-state index contributed by atoms with van der Waals surface area (Å²) in [6, 6.07) is -0.240. The summed E-state index contributed by atoms with van der Waals surface area (Å²) in [7, 11) is 1.93. The normalized spacial score (nSPS) is 13.1. The summed E-state index contributed by atoms with van der Waals surface area (Å²) in [6.45, 7) is 1.98. The SMILES string of the molecule is Cc1csc(C(N)c2nccn2C)c1Cl. The third-order valence-electron chi connectivity index (χ3n) is 2.34. The minimum atomic E-state index is -0.240. The Morgan fingerprint density at radius 2 is 2.33 bits per heavy atom. The summed E-state index contributed by atoms with van der Waals surface area (Å²) in [5.74, 6) is 0.832. The Morgan fingerprint density at radius 3 is 2.80 bits per heavy atom. The Balaban J connectivity index is 2.41. The second-order valence-electron chi connectivity index (χ2n) is 3.47. The number of thiophene rings is 1. The molecule has 0 amide bonds. The Kier molecular flexibility index (Phi) is 2.82. The molecule has 0 radical (unpaired) electrons. The van der Waals surface area contributed by atoms with Crippen molar-refractivity contribution >= 4 is 22.9 Å². The third-order valence-corrected chi connectivity index (χ3v) is 4.14. The molecule has 0 saturated heterocycles. The van der Waals surface area contributed by atoms with Crippen LogP contribution in [0.5, 0.6) is 0 Å². The van der Waals surface area contributed by atoms with E-state index >= 15 is 0 Å². The van der Waals surface area contributed by atoms with Crippen LogP contribution in [-0.2, 0) is 7.05 Å². The molecule has 2 rings (SSSR count). The lowest BCUT2D eigenvalue weighted by molar-refractivity contribution is 0.726. The molecule has 1 unspecified atom stereocenters. The highest BCUT2D eigenvalue weighted by Gasteiger charge is 2.18. The van der Waals surface area contributed by atoms with Crippen molar-refractivity contribution in [2.24, 2.45) is 12.8 Å². The molecule has 15 heavy (non-hydrogen) atoms. The van der Waals surface area contributed by atoms with Crippen molar-refractivity contribution in [1.82, 2.24) is 9.55 Å². The minimum absolute atomic E-state index is 0.240. The lowest BCUT2D eigenvalue weighted by atomic mass is 10.2. The van der Waals surface area contributed by atoms with Crippen LogP contribution in [-0.4, -0.2) is 9.55 Å². The van der Waals surface area contributed by atoms with Crippen LogP contribution in [0.15, 0.2) is 17.8 Å². The van der Waals surface area contributed by atoms with Crippen molar-refractivity contribution in [3.05, 3.63) is 39.1 Å². The highest BCUT2D eigenvalue weighted by atomic mass is 35.5. The van der Waals surface area contributed by atoms with Gasteiger partial charge < -0.3 is 10.3 Å². The molecular formula is C10H12ClN3S. The van der Waals surface area contributed by atoms with E-state index in [4.69, 9.17) is 17.3 Å². The smallest absolute Gasteiger partial charge is 0.130 e. The minimum Gasteiger partial charge on any atom is -0.336 e. The molecule has 2 N–H and O–H groups in total. The molecule has 0 aromatic carbocycles. The van der Waals surface area contributed by atoms with E-state index in [9.17, 15) is 0 Å². The van der Waals surface area contributed by atoms with E-state index in [2.05, 4.69) is 4.98 Å². The van der Waals surface area contributed by atoms with E-state index in [0.29, 0.717) is 0 Å². The molecule has 5 heteroatoms. The molecule has 2 heterocycles. The zero-order valence-electron chi connectivity index (χ0n) is 8.57. The van der Waals surface area contributed by atoms with Gasteiger partial charge in [-0.1, -0.05) is 11.6 Å². The summed E-state index contributed by atoms with van der Waals surface area (Å²) >= 11 is 7.75. The summed E-state index contributed by atoms with van der Waals surface area (Å²) in [5, 5.41) is 2.77. The number of aromatic nitrogens is 2. The van der Waals surface area contributed by atoms with Crippen molar-refractivity contribution in [3.8, 4) is 0 Å². The molecule has 3 nitrogen and oxygen atoms in total. The maximum absolute atomic E-state index is 6.17. The fourth-order valence-electron chi connectivity index (χ4n) is 1.45. The van der Waals surface area contributed by atoms with E-state index in [1.54, 1.807) is 17.5 Å². The van der Waals surface area contributed by atoms with Gasteiger partial charge in [-0.2, -0.15) is 0 Å². The van der Waals surface area contributed by atoms with Gasteiger partial charge >= 0.3 is 0 Å². The first-order valence-electron chi connectivity index (χ1n) is 4.57. The first-order valence-corrected chi connectivity index (χ1v) is 5.83. The van der Waals surface area contributed by atoms with Crippen LogP contribution >= 0.6 is 22.9 Å². The largest absolute Gasteiger partial charge is 0.336 e. The maximum Gasteiger partial charge on any atom is 0.130 e. The van der Waals surface area contributed by atoms with Gasteiger partial charge in [-0.05, 0) is 17.9 Å². The molecule has 0 saturated carbocycles. The van der Waals surface area contributed by atoms with Gasteiger partial charge in [0.05, 0.1) is 11.1 Å². The third kappa shape index (κ3) is 1.80. The highest BCUT2D eigenvalue weighted by molar-refractivity contribution is 7.10. The zero-order chi connectivity index (χ0) is 11.0. The quantitative estimate of drug-likeness (QED) is 0.878. The Hall–Kier alpha value is -0.840. The first-order chi connectivity index (χ1) is 7.11. The van der Waals surface area contributed by atoms with Crippen LogP contribution in [0.4, 0.5) is 0 Å². The molecule has 0 aliphatic heterocycles. The van der Waals surface area contributed by atoms with Crippen molar-refractivity contribution in [2.75, 3.05) is 0 Å². The van der Waals surface area contributed by atoms with E-state index in [1.807, 2.05) is 30.1 Å². The van der Waals surface area contributed by atoms with Crippen LogP contribution in [0.1, 0.15) is 22.3 Å². The summed E-state index contributed by atoms with van der Waals surface area (Å²) in [4.78, 5) is 5.20. The number of hydrogen-bond donors (Lipinski definition) is 1. The van der Waals surface area contributed by atoms with E-state index in [1.165, 1.54) is 0 Å². The van der Waals surface area contributed by atoms with Crippen LogP contribution in [0.3, 0.4) is 0 Å². The van der Waals surface area contributed by atoms with E-state index in [0.717, 1.165) is 21.3 Å². The van der Waals surface area contributed by atoms with Gasteiger partial charge in [0.15, 0.2) is 0 Å². The second kappa shape index (κ2) is 3.96. The Bertz CT molecular complexity index is 475. The zero-order valence-corrected chi connectivity index (χ0v) is 10.1. The summed E-state index contributed by atoms with van der Waals surface area (Å²) in [5.41, 5.74) is 7.19. The molecular weight excluding hydrogens is 230 g/mol. The maximum atomic E-state index is 6.17. The molecule has 0 spiro atoms. The lowest BCUT2D eigenvalue weighted by Crippen LogP contribution is -2.15. The number of imidazole rings is 1. The van der Waals surface area contributed by atoms with Crippen LogP contribution in [0, 0.1) is 6.92 Å². The molecule has 0 fully saturated rings. The number of nitrogens with zero attached hydrogens (tertiary/aromatic N) is 2. The fraction of sp³-hybridized carbons (Fsp3) is 0.300. The van der Waals surface area contributed by atoms with E-state index < -0.39 is 0 Å². The first kappa shape index (κ1) is 10.7. The van der Waals surface area contributed by atoms with Gasteiger partial charge in [-0.15, -0.1) is 11.3 Å². The van der Waals surface area contributed by atoms with Gasteiger partial charge in [-0.25, -0.2) is 4.98 Å². The fourth-order valence-corrected chi connectivity index (χ4v) is 2.76. The molecule has 80 valence electrons. The standard InChI is InChI=1S/C10H12ClN3S/c1-6-5-15-9(7(6)11)8(12)10-13-3-4-14(10)2/h3-5,8H,12H2,1-2H3. The van der Waals surface area contributed by atoms with Crippen LogP contribution in [0.25, 0.3) is 0 Å². The van der Waals surface area contributed by atoms with Crippen LogP contribution in [0.2, 0.25) is 5.02 Å². The van der Waals surface area contributed by atoms with Crippen molar-refractivity contribution in [2.45, 2.75) is 13.0 Å². The Morgan fingerprint density at radius 1 is 1.60 bits per heavy atom. The molecule has 1 atom stereocenters. The number of aryl methyl sites for hydroxylation is 2. The number of hydrogen-bond acceptors (Lipinski definition) is 3. The average Bonchev–Trinajstić information content (AvgIpc) is 2.75. The van der Waals surface area contributed by atoms with Crippen LogP contribution < -0.4 is 5.73 Å². The monoisotopic (exact) mass is 241 g/mol. The summed E-state index contributed by atoms with van der Waals surface area (Å²) < 4.78 is 1.91. The summed E-state index contributed by atoms with van der Waals surface area (Å²) in [6.07, 6.45) is 3.62. The molecule has 2 aromatic rings. The molecule has 0 bridgehead atoms. The number of halogens is 1. The van der Waals surface area contributed by atoms with Gasteiger partial charge in [0, 0.05) is 24.3 Å². The molecule has 0 aliphatic carbocycles.